The summed E-state index contributed by atoms with van der Waals surface area (Å²) in [7, 11) is 1.92. The highest BCUT2D eigenvalue weighted by Crippen LogP contribution is 2.02. The average Bonchev–Trinajstić information content (AvgIpc) is 2.59. The van der Waals surface area contributed by atoms with E-state index in [0.717, 1.165) is 12.2 Å². The maximum absolute atomic E-state index is 3.89. The molecule has 1 atom stereocenters. The highest BCUT2D eigenvalue weighted by Gasteiger charge is 2.05. The SMILES string of the molecule is CCCC(CC)NCc1cnnn1C. The molecule has 0 aliphatic rings. The smallest absolute Gasteiger partial charge is 0.0738 e. The Kier molecular flexibility index (Phi) is 4.59. The van der Waals surface area contributed by atoms with Crippen molar-refractivity contribution in [3.8, 4) is 0 Å². The van der Waals surface area contributed by atoms with Crippen LogP contribution in [0.15, 0.2) is 6.20 Å². The van der Waals surface area contributed by atoms with Crippen LogP contribution in [0.4, 0.5) is 0 Å². The second-order valence-electron chi connectivity index (χ2n) is 3.62. The van der Waals surface area contributed by atoms with E-state index in [1.54, 1.807) is 0 Å². The number of nitrogens with zero attached hydrogens (tertiary/aromatic N) is 3. The van der Waals surface area contributed by atoms with Gasteiger partial charge in [-0.2, -0.15) is 0 Å². The van der Waals surface area contributed by atoms with Gasteiger partial charge in [0.2, 0.25) is 0 Å². The van der Waals surface area contributed by atoms with Crippen LogP contribution in [0.5, 0.6) is 0 Å². The highest BCUT2D eigenvalue weighted by atomic mass is 15.4. The van der Waals surface area contributed by atoms with Gasteiger partial charge in [-0.3, -0.25) is 4.68 Å². The third-order valence-electron chi connectivity index (χ3n) is 2.51. The van der Waals surface area contributed by atoms with Crippen molar-refractivity contribution in [2.24, 2.45) is 7.05 Å². The van der Waals surface area contributed by atoms with Gasteiger partial charge < -0.3 is 5.32 Å². The molecule has 0 spiro atoms. The van der Waals surface area contributed by atoms with Crippen LogP contribution in [0.25, 0.3) is 0 Å². The van der Waals surface area contributed by atoms with Gasteiger partial charge in [-0.25, -0.2) is 0 Å². The third kappa shape index (κ3) is 3.10. The van der Waals surface area contributed by atoms with Gasteiger partial charge in [0.05, 0.1) is 11.9 Å². The molecular formula is C10H20N4. The fraction of sp³-hybridized carbons (Fsp3) is 0.800. The van der Waals surface area contributed by atoms with E-state index in [-0.39, 0.29) is 0 Å². The topological polar surface area (TPSA) is 42.7 Å². The predicted molar refractivity (Wildman–Crippen MR) is 56.8 cm³/mol. The first-order valence-electron chi connectivity index (χ1n) is 5.34. The zero-order valence-electron chi connectivity index (χ0n) is 9.32. The summed E-state index contributed by atoms with van der Waals surface area (Å²) in [5, 5.41) is 11.3. The minimum absolute atomic E-state index is 0.620. The normalized spacial score (nSPS) is 13.1. The molecule has 0 amide bonds. The molecule has 4 nitrogen and oxygen atoms in total. The first-order chi connectivity index (χ1) is 6.77. The number of nitrogens with one attached hydrogen (secondary N) is 1. The lowest BCUT2D eigenvalue weighted by atomic mass is 10.1. The van der Waals surface area contributed by atoms with Crippen LogP contribution in [0.2, 0.25) is 0 Å². The lowest BCUT2D eigenvalue weighted by Crippen LogP contribution is -2.28. The first-order valence-corrected chi connectivity index (χ1v) is 5.34. The Labute approximate surface area is 85.7 Å². The molecule has 0 aliphatic heterocycles. The maximum Gasteiger partial charge on any atom is 0.0738 e. The highest BCUT2D eigenvalue weighted by molar-refractivity contribution is 4.92. The van der Waals surface area contributed by atoms with E-state index in [4.69, 9.17) is 0 Å². The van der Waals surface area contributed by atoms with Gasteiger partial charge >= 0.3 is 0 Å². The van der Waals surface area contributed by atoms with E-state index in [2.05, 4.69) is 29.5 Å². The van der Waals surface area contributed by atoms with Crippen LogP contribution in [0, 0.1) is 0 Å². The molecule has 0 aliphatic carbocycles. The van der Waals surface area contributed by atoms with Crippen LogP contribution in [-0.2, 0) is 13.6 Å². The molecule has 0 fully saturated rings. The van der Waals surface area contributed by atoms with Crippen molar-refractivity contribution in [3.05, 3.63) is 11.9 Å². The Morgan fingerprint density at radius 1 is 1.50 bits per heavy atom. The zero-order valence-corrected chi connectivity index (χ0v) is 9.32. The van der Waals surface area contributed by atoms with Crippen molar-refractivity contribution in [1.82, 2.24) is 20.3 Å². The summed E-state index contributed by atoms with van der Waals surface area (Å²) < 4.78 is 1.81. The Morgan fingerprint density at radius 2 is 2.29 bits per heavy atom. The monoisotopic (exact) mass is 196 g/mol. The maximum atomic E-state index is 3.89. The van der Waals surface area contributed by atoms with Crippen molar-refractivity contribution in [2.75, 3.05) is 0 Å². The number of hydrogen-bond acceptors (Lipinski definition) is 3. The van der Waals surface area contributed by atoms with Crippen molar-refractivity contribution in [3.63, 3.8) is 0 Å². The molecule has 80 valence electrons. The molecule has 1 N–H and O–H groups in total. The first kappa shape index (κ1) is 11.2. The van der Waals surface area contributed by atoms with Crippen LogP contribution in [0.3, 0.4) is 0 Å². The molecule has 1 heterocycles. The number of aromatic nitrogens is 3. The molecule has 14 heavy (non-hydrogen) atoms. The Morgan fingerprint density at radius 3 is 2.79 bits per heavy atom. The Balaban J connectivity index is 2.35. The van der Waals surface area contributed by atoms with E-state index in [1.807, 2.05) is 17.9 Å². The second-order valence-corrected chi connectivity index (χ2v) is 3.62. The van der Waals surface area contributed by atoms with Crippen LogP contribution in [-0.4, -0.2) is 21.0 Å². The van der Waals surface area contributed by atoms with Crippen molar-refractivity contribution < 1.29 is 0 Å². The lowest BCUT2D eigenvalue weighted by molar-refractivity contribution is 0.453. The molecule has 4 heteroatoms. The van der Waals surface area contributed by atoms with Gasteiger partial charge in [0.25, 0.3) is 0 Å². The average molecular weight is 196 g/mol. The Bertz CT molecular complexity index is 256. The second kappa shape index (κ2) is 5.75. The molecule has 0 aromatic carbocycles. The molecular weight excluding hydrogens is 176 g/mol. The third-order valence-corrected chi connectivity index (χ3v) is 2.51. The number of rotatable bonds is 6. The standard InChI is InChI=1S/C10H20N4/c1-4-6-9(5-2)11-7-10-8-12-13-14(10)3/h8-9,11H,4-7H2,1-3H3. The van der Waals surface area contributed by atoms with Gasteiger partial charge in [0.1, 0.15) is 0 Å². The van der Waals surface area contributed by atoms with E-state index in [1.165, 1.54) is 19.3 Å². The summed E-state index contributed by atoms with van der Waals surface area (Å²) in [4.78, 5) is 0. The van der Waals surface area contributed by atoms with E-state index < -0.39 is 0 Å². The van der Waals surface area contributed by atoms with Crippen molar-refractivity contribution in [1.29, 1.82) is 0 Å². The zero-order chi connectivity index (χ0) is 10.4. The molecule has 1 aromatic heterocycles. The summed E-state index contributed by atoms with van der Waals surface area (Å²) in [5.74, 6) is 0. The molecule has 0 radical (unpaired) electrons. The molecule has 0 saturated heterocycles. The quantitative estimate of drug-likeness (QED) is 0.749. The Hall–Kier alpha value is -0.900. The van der Waals surface area contributed by atoms with Crippen LogP contribution >= 0.6 is 0 Å². The van der Waals surface area contributed by atoms with Gasteiger partial charge in [-0.15, -0.1) is 5.10 Å². The van der Waals surface area contributed by atoms with Gasteiger partial charge in [0.15, 0.2) is 0 Å². The fourth-order valence-corrected chi connectivity index (χ4v) is 1.52. The summed E-state index contributed by atoms with van der Waals surface area (Å²) in [5.41, 5.74) is 1.14. The van der Waals surface area contributed by atoms with Crippen molar-refractivity contribution in [2.45, 2.75) is 45.7 Å². The van der Waals surface area contributed by atoms with E-state index >= 15 is 0 Å². The summed E-state index contributed by atoms with van der Waals surface area (Å²) in [6.45, 7) is 5.30. The minimum atomic E-state index is 0.620. The molecule has 0 saturated carbocycles. The number of hydrogen-bond donors (Lipinski definition) is 1. The molecule has 1 rings (SSSR count). The molecule has 1 unspecified atom stereocenters. The summed E-state index contributed by atoms with van der Waals surface area (Å²) >= 11 is 0. The van der Waals surface area contributed by atoms with E-state index in [9.17, 15) is 0 Å². The van der Waals surface area contributed by atoms with Crippen molar-refractivity contribution >= 4 is 0 Å². The lowest BCUT2D eigenvalue weighted by Gasteiger charge is -2.15. The predicted octanol–water partition coefficient (Wildman–Crippen LogP) is 1.48. The summed E-state index contributed by atoms with van der Waals surface area (Å²) in [6, 6.07) is 0.620. The molecule has 0 bridgehead atoms. The largest absolute Gasteiger partial charge is 0.308 e. The van der Waals surface area contributed by atoms with Gasteiger partial charge in [0, 0.05) is 19.6 Å². The summed E-state index contributed by atoms with van der Waals surface area (Å²) in [6.07, 6.45) is 5.46. The number of aryl methyl sites for hydroxylation is 1. The van der Waals surface area contributed by atoms with E-state index in [0.29, 0.717) is 6.04 Å². The van der Waals surface area contributed by atoms with Crippen LogP contribution in [0.1, 0.15) is 38.8 Å². The van der Waals surface area contributed by atoms with Gasteiger partial charge in [-0.05, 0) is 12.8 Å². The van der Waals surface area contributed by atoms with Gasteiger partial charge in [-0.1, -0.05) is 25.5 Å². The van der Waals surface area contributed by atoms with Crippen LogP contribution < -0.4 is 5.32 Å². The minimum Gasteiger partial charge on any atom is -0.308 e. The fourth-order valence-electron chi connectivity index (χ4n) is 1.52. The molecule has 1 aromatic rings.